The van der Waals surface area contributed by atoms with Crippen molar-refractivity contribution in [2.45, 2.75) is 6.04 Å². The van der Waals surface area contributed by atoms with E-state index in [4.69, 9.17) is 18.0 Å². The molecule has 0 spiro atoms. The van der Waals surface area contributed by atoms with Crippen molar-refractivity contribution in [1.82, 2.24) is 19.9 Å². The lowest BCUT2D eigenvalue weighted by molar-refractivity contribution is -0.140. The van der Waals surface area contributed by atoms with Crippen LogP contribution in [-0.4, -0.2) is 66.9 Å². The van der Waals surface area contributed by atoms with E-state index in [2.05, 4.69) is 20.3 Å². The summed E-state index contributed by atoms with van der Waals surface area (Å²) in [5.41, 5.74) is 5.59. The molecule has 2 rings (SSSR count). The van der Waals surface area contributed by atoms with Crippen molar-refractivity contribution < 1.29 is 22.8 Å². The monoisotopic (exact) mass is 406 g/mol. The topological polar surface area (TPSA) is 156 Å². The number of thiocarbonyl (C=S) groups is 1. The van der Waals surface area contributed by atoms with Gasteiger partial charge in [0.1, 0.15) is 18.8 Å². The third kappa shape index (κ3) is 4.61. The van der Waals surface area contributed by atoms with Gasteiger partial charge in [0, 0.05) is 5.38 Å². The Labute approximate surface area is 152 Å². The highest BCUT2D eigenvalue weighted by molar-refractivity contribution is 7.91. The van der Waals surface area contributed by atoms with Crippen molar-refractivity contribution in [3.63, 3.8) is 0 Å². The van der Waals surface area contributed by atoms with Crippen molar-refractivity contribution >= 4 is 61.3 Å². The molecule has 0 aliphatic carbocycles. The Kier molecular flexibility index (Phi) is 5.54. The Morgan fingerprint density at radius 3 is 2.76 bits per heavy atom. The summed E-state index contributed by atoms with van der Waals surface area (Å²) in [6.07, 6.45) is 0.913. The molecular weight excluding hydrogens is 392 g/mol. The number of oxime groups is 1. The number of nitrogens with one attached hydrogen (secondary N) is 2. The number of rotatable bonds is 5. The van der Waals surface area contributed by atoms with Gasteiger partial charge in [-0.1, -0.05) is 5.16 Å². The lowest BCUT2D eigenvalue weighted by Gasteiger charge is -2.38. The summed E-state index contributed by atoms with van der Waals surface area (Å²) in [7, 11) is -2.33. The zero-order chi connectivity index (χ0) is 18.8. The Hall–Kier alpha value is -2.32. The largest absolute Gasteiger partial charge is 0.398 e. The molecule has 1 aromatic rings. The maximum absolute atomic E-state index is 12.3. The average molecular weight is 406 g/mol. The van der Waals surface area contributed by atoms with Gasteiger partial charge >= 0.3 is 0 Å². The van der Waals surface area contributed by atoms with E-state index < -0.39 is 27.9 Å². The van der Waals surface area contributed by atoms with Gasteiger partial charge < -0.3 is 15.9 Å². The fraction of sp³-hybridized carbons (Fsp3) is 0.364. The Bertz CT molecular complexity index is 848. The molecule has 1 unspecified atom stereocenters. The van der Waals surface area contributed by atoms with Gasteiger partial charge in [-0.05, 0) is 12.2 Å². The van der Waals surface area contributed by atoms with Crippen LogP contribution in [0, 0.1) is 0 Å². The number of hydrogen-bond donors (Lipinski definition) is 3. The molecule has 1 fully saturated rings. The van der Waals surface area contributed by atoms with E-state index in [0.29, 0.717) is 0 Å². The van der Waals surface area contributed by atoms with E-state index in [9.17, 15) is 18.0 Å². The molecule has 2 amide bonds. The molecule has 2 heterocycles. The molecule has 0 bridgehead atoms. The number of carbonyl (C=O) groups excluding carboxylic acids is 2. The molecule has 1 aliphatic rings. The van der Waals surface area contributed by atoms with Crippen LogP contribution < -0.4 is 15.8 Å². The molecular formula is C11H14N6O5S3. The fourth-order valence-corrected chi connectivity index (χ4v) is 3.44. The molecule has 1 aromatic heterocycles. The van der Waals surface area contributed by atoms with E-state index in [1.165, 1.54) is 12.5 Å². The number of aromatic nitrogens is 1. The first-order valence-electron chi connectivity index (χ1n) is 6.59. The predicted octanol–water partition coefficient (Wildman–Crippen LogP) is -1.76. The van der Waals surface area contributed by atoms with Crippen LogP contribution in [0.15, 0.2) is 10.5 Å². The molecule has 0 aromatic carbocycles. The Balaban J connectivity index is 2.01. The molecule has 0 radical (unpaired) electrons. The van der Waals surface area contributed by atoms with Crippen molar-refractivity contribution in [2.75, 3.05) is 25.6 Å². The minimum absolute atomic E-state index is 0.0192. The smallest absolute Gasteiger partial charge is 0.276 e. The summed E-state index contributed by atoms with van der Waals surface area (Å²) in [4.78, 5) is 33.9. The number of amides is 2. The van der Waals surface area contributed by atoms with E-state index in [1.54, 1.807) is 0 Å². The minimum atomic E-state index is -3.59. The van der Waals surface area contributed by atoms with Gasteiger partial charge in [-0.25, -0.2) is 13.4 Å². The molecule has 0 saturated carbocycles. The number of β-lactam (4-membered cyclic amide) rings is 1. The number of nitrogens with zero attached hydrogens (tertiary/aromatic N) is 3. The number of anilines is 1. The number of sulfonamides is 1. The quantitative estimate of drug-likeness (QED) is 0.225. The Morgan fingerprint density at radius 2 is 2.28 bits per heavy atom. The molecule has 1 saturated heterocycles. The summed E-state index contributed by atoms with van der Waals surface area (Å²) < 4.78 is 24.3. The predicted molar refractivity (Wildman–Crippen MR) is 94.3 cm³/mol. The van der Waals surface area contributed by atoms with Gasteiger partial charge in [-0.15, -0.1) is 11.3 Å². The number of nitrogen functional groups attached to an aromatic ring is 1. The fourth-order valence-electron chi connectivity index (χ4n) is 1.85. The summed E-state index contributed by atoms with van der Waals surface area (Å²) in [6.45, 7) is 0.0192. The second-order valence-electron chi connectivity index (χ2n) is 4.85. The molecule has 136 valence electrons. The molecule has 11 nitrogen and oxygen atoms in total. The first kappa shape index (κ1) is 19.0. The van der Waals surface area contributed by atoms with Crippen LogP contribution in [0.1, 0.15) is 5.69 Å². The van der Waals surface area contributed by atoms with Crippen molar-refractivity contribution in [3.05, 3.63) is 11.1 Å². The average Bonchev–Trinajstić information content (AvgIpc) is 2.92. The SMILES string of the molecule is CO/N=C(\C(=O)NC1CN(C(=S)NS(C)(=O)=O)C1=O)c1csc(N)n1. The zero-order valence-electron chi connectivity index (χ0n) is 13.0. The summed E-state index contributed by atoms with van der Waals surface area (Å²) in [6, 6.07) is -0.871. The first-order valence-corrected chi connectivity index (χ1v) is 9.77. The molecule has 14 heteroatoms. The van der Waals surface area contributed by atoms with Crippen LogP contribution in [0.4, 0.5) is 5.13 Å². The van der Waals surface area contributed by atoms with Crippen molar-refractivity contribution in [3.8, 4) is 0 Å². The standard InChI is InChI=1S/C11H14N6O5S3/c1-22-15-7(6-4-24-10(12)14-6)8(18)13-5-3-17(9(5)19)11(23)16-25(2,20)21/h4-5H,3H2,1-2H3,(H2,12,14)(H,13,18)(H,16,23)/b15-7-. The Morgan fingerprint density at radius 1 is 1.60 bits per heavy atom. The van der Waals surface area contributed by atoms with Crippen LogP contribution in [0.3, 0.4) is 0 Å². The third-order valence-electron chi connectivity index (χ3n) is 2.91. The van der Waals surface area contributed by atoms with Gasteiger partial charge in [0.05, 0.1) is 12.8 Å². The normalized spacial score (nSPS) is 17.7. The number of carbonyl (C=O) groups is 2. The maximum atomic E-state index is 12.3. The van der Waals surface area contributed by atoms with Gasteiger partial charge in [0.15, 0.2) is 16.0 Å². The minimum Gasteiger partial charge on any atom is -0.398 e. The molecule has 1 atom stereocenters. The lowest BCUT2D eigenvalue weighted by Crippen LogP contribution is -2.67. The highest BCUT2D eigenvalue weighted by Crippen LogP contribution is 2.14. The van der Waals surface area contributed by atoms with E-state index >= 15 is 0 Å². The van der Waals surface area contributed by atoms with Crippen LogP contribution in [0.5, 0.6) is 0 Å². The van der Waals surface area contributed by atoms with Crippen LogP contribution in [0.25, 0.3) is 0 Å². The second-order valence-corrected chi connectivity index (χ2v) is 7.87. The highest BCUT2D eigenvalue weighted by atomic mass is 32.2. The number of likely N-dealkylation sites (tertiary alicyclic amines) is 1. The number of hydrogen-bond acceptors (Lipinski definition) is 10. The van der Waals surface area contributed by atoms with Gasteiger partial charge in [0.2, 0.25) is 10.0 Å². The van der Waals surface area contributed by atoms with Crippen molar-refractivity contribution in [2.24, 2.45) is 5.16 Å². The van der Waals surface area contributed by atoms with Gasteiger partial charge in [0.25, 0.3) is 11.8 Å². The number of thiazole rings is 1. The molecule has 4 N–H and O–H groups in total. The van der Waals surface area contributed by atoms with E-state index in [1.807, 2.05) is 4.72 Å². The summed E-state index contributed by atoms with van der Waals surface area (Å²) >= 11 is 5.94. The molecule has 25 heavy (non-hydrogen) atoms. The van der Waals surface area contributed by atoms with E-state index in [0.717, 1.165) is 22.5 Å². The molecule has 1 aliphatic heterocycles. The van der Waals surface area contributed by atoms with E-state index in [-0.39, 0.29) is 28.2 Å². The van der Waals surface area contributed by atoms with Gasteiger partial charge in [-0.3, -0.25) is 19.2 Å². The van der Waals surface area contributed by atoms with Crippen LogP contribution >= 0.6 is 23.6 Å². The van der Waals surface area contributed by atoms with Crippen molar-refractivity contribution in [1.29, 1.82) is 0 Å². The zero-order valence-corrected chi connectivity index (χ0v) is 15.5. The number of nitrogens with two attached hydrogens (primary N) is 1. The van der Waals surface area contributed by atoms with Crippen LogP contribution in [0.2, 0.25) is 0 Å². The first-order chi connectivity index (χ1) is 11.6. The summed E-state index contributed by atoms with van der Waals surface area (Å²) in [5.74, 6) is -1.24. The van der Waals surface area contributed by atoms with Gasteiger partial charge in [-0.2, -0.15) is 0 Å². The lowest BCUT2D eigenvalue weighted by atomic mass is 10.1. The summed E-state index contributed by atoms with van der Waals surface area (Å²) in [5, 5.41) is 7.56. The maximum Gasteiger partial charge on any atom is 0.276 e. The second kappa shape index (κ2) is 7.28. The highest BCUT2D eigenvalue weighted by Gasteiger charge is 2.41. The third-order valence-corrected chi connectivity index (χ3v) is 4.60. The van der Waals surface area contributed by atoms with Crippen LogP contribution in [-0.2, 0) is 24.4 Å².